The van der Waals surface area contributed by atoms with Crippen LogP contribution in [0.1, 0.15) is 162 Å². The van der Waals surface area contributed by atoms with Gasteiger partial charge in [-0.25, -0.2) is 16.8 Å². The van der Waals surface area contributed by atoms with Crippen LogP contribution in [0.15, 0.2) is 148 Å². The van der Waals surface area contributed by atoms with Crippen molar-refractivity contribution in [1.82, 2.24) is 0 Å². The van der Waals surface area contributed by atoms with E-state index in [4.69, 9.17) is 28.4 Å². The standard InChI is InChI=1S/C24H34O4.C17H20O4.C13H12O3S.C12H18O3.C10H12O2.C8H10O4S.Na/c1-14(17-10-15(27-8)12-19(21(17)25)23(2,3)4)18-11-16(28-9)13-20(22(18)26)24(5,6)7;1-10-5-14(20-3)8-12(16(10)18)7-13-9-15(21-4)6-11(2)17(13)19;1-10-9-12(7-8-13(10)14)17(15,16)11-5-3-2-4-6-11;1-4-14-5-6-15-11-7-9(2)12(13)10(3)8-11;1-6-4-9(8(3)11)5-7(2)10(6)12;1-5-3-7(13(10,11)12)4-6(2)8(5)9;/h10-14,25-26H,1-9H3;5-6,8-9,18-19H,7H2,1-4H3;2-9,14H,1H3;7-8,13H,4-6H2,1-3H3;4-5,12H,1-3H3;3-4,9H,1-2H3,(H,10,11,12);/q;;;;;;+1/p-1. The maximum absolute atomic E-state index is 12.2. The summed E-state index contributed by atoms with van der Waals surface area (Å²) in [7, 11) is -1.50. The van der Waals surface area contributed by atoms with E-state index in [1.54, 1.807) is 116 Å². The summed E-state index contributed by atoms with van der Waals surface area (Å²) in [5, 5.41) is 80.1. The average Bonchev–Trinajstić information content (AvgIpc) is 0.775. The molecular weight excluding hydrogens is 1420 g/mol. The van der Waals surface area contributed by atoms with Crippen LogP contribution in [0.4, 0.5) is 0 Å². The summed E-state index contributed by atoms with van der Waals surface area (Å²) in [6, 6.07) is 36.4. The van der Waals surface area contributed by atoms with Crippen LogP contribution in [0, 0.1) is 62.3 Å². The number of hydrogen-bond donors (Lipinski definition) is 8. The normalized spacial score (nSPS) is 11.1. The molecule has 0 bridgehead atoms. The zero-order chi connectivity index (χ0) is 80.3. The zero-order valence-corrected chi connectivity index (χ0v) is 69.5. The minimum Gasteiger partial charge on any atom is -0.744 e. The van der Waals surface area contributed by atoms with Gasteiger partial charge in [-0.15, -0.1) is 0 Å². The Hall–Kier alpha value is -9.13. The van der Waals surface area contributed by atoms with Gasteiger partial charge < -0.3 is 73.8 Å². The first-order valence-electron chi connectivity index (χ1n) is 34.0. The number of ether oxygens (including phenoxy) is 6. The van der Waals surface area contributed by atoms with Gasteiger partial charge in [-0.3, -0.25) is 4.79 Å². The third-order valence-corrected chi connectivity index (χ3v) is 19.7. The first kappa shape index (κ1) is 92.1. The fourth-order valence-electron chi connectivity index (χ4n) is 10.9. The van der Waals surface area contributed by atoms with E-state index in [1.807, 2.05) is 77.9 Å². The van der Waals surface area contributed by atoms with E-state index in [0.717, 1.165) is 62.4 Å². The van der Waals surface area contributed by atoms with Gasteiger partial charge in [-0.1, -0.05) is 66.7 Å². The molecule has 0 aliphatic heterocycles. The molecule has 0 aromatic heterocycles. The van der Waals surface area contributed by atoms with Crippen LogP contribution in [0.3, 0.4) is 0 Å². The fourth-order valence-corrected chi connectivity index (χ4v) is 12.9. The number of sulfone groups is 1. The van der Waals surface area contributed by atoms with Crippen LogP contribution in [0.25, 0.3) is 0 Å². The first-order valence-corrected chi connectivity index (χ1v) is 36.9. The first-order chi connectivity index (χ1) is 49.3. The Morgan fingerprint density at radius 2 is 0.785 bits per heavy atom. The number of rotatable bonds is 17. The number of Topliss-reactive ketones (excluding diaryl/α,β-unsaturated/α-hetero) is 1. The Morgan fingerprint density at radius 3 is 1.14 bits per heavy atom. The van der Waals surface area contributed by atoms with Gasteiger partial charge >= 0.3 is 29.6 Å². The maximum atomic E-state index is 12.2. The second-order valence-electron chi connectivity index (χ2n) is 27.6. The number of ketones is 1. The van der Waals surface area contributed by atoms with Gasteiger partial charge in [-0.05, 0) is 252 Å². The van der Waals surface area contributed by atoms with E-state index >= 15 is 0 Å². The van der Waals surface area contributed by atoms with E-state index in [1.165, 1.54) is 39.0 Å². The fraction of sp³-hybridized carbons (Fsp3) is 0.345. The number of carbonyl (C=O) groups is 1. The Bertz CT molecular complexity index is 4550. The van der Waals surface area contributed by atoms with Crippen LogP contribution in [-0.2, 0) is 41.9 Å². The smallest absolute Gasteiger partial charge is 0.744 e. The largest absolute Gasteiger partial charge is 1.00 e. The van der Waals surface area contributed by atoms with Gasteiger partial charge in [0.05, 0.1) is 49.7 Å². The van der Waals surface area contributed by atoms with Gasteiger partial charge in [-0.2, -0.15) is 0 Å². The molecule has 0 saturated heterocycles. The Morgan fingerprint density at radius 1 is 0.430 bits per heavy atom. The van der Waals surface area contributed by atoms with Gasteiger partial charge in [0, 0.05) is 57.9 Å². The molecule has 0 radical (unpaired) electrons. The Labute approximate surface area is 654 Å². The number of aromatic hydroxyl groups is 8. The summed E-state index contributed by atoms with van der Waals surface area (Å²) >= 11 is 0. The summed E-state index contributed by atoms with van der Waals surface area (Å²) in [5.41, 5.74) is 10.6. The number of phenolic OH excluding ortho intramolecular Hbond substituents is 8. The molecule has 23 heteroatoms. The molecule has 0 aliphatic carbocycles. The van der Waals surface area contributed by atoms with Crippen molar-refractivity contribution in [2.75, 3.05) is 48.3 Å². The topological polar surface area (TPSA) is 326 Å². The van der Waals surface area contributed by atoms with E-state index < -0.39 is 20.0 Å². The van der Waals surface area contributed by atoms with E-state index in [9.17, 15) is 67.0 Å². The monoisotopic (exact) mass is 1520 g/mol. The molecule has 0 saturated carbocycles. The number of carbonyl (C=O) groups excluding carboxylic acids is 1. The number of phenols is 8. The molecule has 9 aromatic carbocycles. The molecule has 0 atom stereocenters. The van der Waals surface area contributed by atoms with E-state index in [2.05, 4.69) is 41.5 Å². The molecular formula is C84H105NaO20S2. The van der Waals surface area contributed by atoms with Crippen molar-refractivity contribution < 1.29 is 125 Å². The second kappa shape index (κ2) is 40.2. The van der Waals surface area contributed by atoms with E-state index in [-0.39, 0.29) is 107 Å². The summed E-state index contributed by atoms with van der Waals surface area (Å²) in [6.07, 6.45) is 0.397. The number of methoxy groups -OCH3 is 4. The van der Waals surface area contributed by atoms with Gasteiger partial charge in [0.25, 0.3) is 0 Å². The summed E-state index contributed by atoms with van der Waals surface area (Å²) < 4.78 is 88.4. The van der Waals surface area contributed by atoms with Gasteiger partial charge in [0.15, 0.2) is 5.78 Å². The molecule has 0 fully saturated rings. The van der Waals surface area contributed by atoms with Crippen LogP contribution < -0.4 is 53.2 Å². The number of benzene rings is 9. The van der Waals surface area contributed by atoms with Crippen LogP contribution >= 0.6 is 0 Å². The molecule has 0 spiro atoms. The Kier molecular flexibility index (Phi) is 34.6. The van der Waals surface area contributed by atoms with Gasteiger partial charge in [0.2, 0.25) is 9.84 Å². The van der Waals surface area contributed by atoms with Crippen molar-refractivity contribution in [3.8, 4) is 74.7 Å². The van der Waals surface area contributed by atoms with E-state index in [0.29, 0.717) is 99.5 Å². The quantitative estimate of drug-likeness (QED) is 0.0182. The molecule has 0 unspecified atom stereocenters. The van der Waals surface area contributed by atoms with Crippen LogP contribution in [0.2, 0.25) is 0 Å². The predicted molar refractivity (Wildman–Crippen MR) is 413 cm³/mol. The molecule has 0 aliphatic rings. The third-order valence-electron chi connectivity index (χ3n) is 17.2. The van der Waals surface area contributed by atoms with Crippen LogP contribution in [-0.4, -0.2) is 116 Å². The minimum atomic E-state index is -4.43. The van der Waals surface area contributed by atoms with Crippen molar-refractivity contribution in [3.05, 3.63) is 222 Å². The molecule has 20 nitrogen and oxygen atoms in total. The van der Waals surface area contributed by atoms with Crippen molar-refractivity contribution in [1.29, 1.82) is 0 Å². The van der Waals surface area contributed by atoms with Crippen molar-refractivity contribution in [3.63, 3.8) is 0 Å². The predicted octanol–water partition coefficient (Wildman–Crippen LogP) is 14.3. The van der Waals surface area contributed by atoms with Crippen LogP contribution in [0.5, 0.6) is 74.7 Å². The molecule has 574 valence electrons. The van der Waals surface area contributed by atoms with Gasteiger partial charge in [0.1, 0.15) is 91.5 Å². The number of aryl methyl sites for hydroxylation is 9. The average molecular weight is 1520 g/mol. The molecule has 0 amide bonds. The molecule has 9 aromatic rings. The second-order valence-corrected chi connectivity index (χ2v) is 30.9. The molecule has 107 heavy (non-hydrogen) atoms. The SMILES string of the molecule is CC(=O)c1cc(C)c(O)c(C)c1.CCOCCOc1cc(C)c(O)c(C)c1.COc1cc(C(C)c2cc(OC)cc(C(C)(C)C)c2O)c(O)c(C(C)(C)C)c1.COc1cc(C)c(O)c(Cc2cc(OC)cc(C)c2O)c1.Cc1cc(S(=O)(=O)[O-])cc(C)c1O.Cc1cc(S(=O)(=O)c2ccccc2)ccc1O.[Na+]. The zero-order valence-electron chi connectivity index (χ0n) is 65.9. The van der Waals surface area contributed by atoms with Crippen molar-refractivity contribution >= 4 is 25.7 Å². The van der Waals surface area contributed by atoms with Crippen molar-refractivity contribution in [2.24, 2.45) is 0 Å². The number of hydrogen-bond acceptors (Lipinski definition) is 20. The molecule has 8 N–H and O–H groups in total. The van der Waals surface area contributed by atoms with Crippen molar-refractivity contribution in [2.45, 2.75) is 162 Å². The molecule has 0 heterocycles. The summed E-state index contributed by atoms with van der Waals surface area (Å²) in [6.45, 7) is 35.3. The summed E-state index contributed by atoms with van der Waals surface area (Å²) in [5.74, 6) is 4.92. The maximum Gasteiger partial charge on any atom is 1.00 e. The third kappa shape index (κ3) is 25.8. The minimum absolute atomic E-state index is 0. The summed E-state index contributed by atoms with van der Waals surface area (Å²) in [4.78, 5) is 11.1. The Balaban J connectivity index is 0.000000341. The molecule has 9 rings (SSSR count).